The number of hydrogen-bond donors (Lipinski definition) is 1. The maximum atomic E-state index is 12.8. The molecular weight excluding hydrogens is 155 g/mol. The van der Waals surface area contributed by atoms with Crippen LogP contribution in [0.25, 0.3) is 0 Å². The van der Waals surface area contributed by atoms with E-state index >= 15 is 0 Å². The van der Waals surface area contributed by atoms with Crippen molar-refractivity contribution in [3.8, 4) is 0 Å². The Kier molecular flexibility index (Phi) is 1.71. The summed E-state index contributed by atoms with van der Waals surface area (Å²) >= 11 is 0. The van der Waals surface area contributed by atoms with Gasteiger partial charge in [-0.2, -0.15) is 4.39 Å². The lowest BCUT2D eigenvalue weighted by molar-refractivity contribution is 0.405. The van der Waals surface area contributed by atoms with Crippen molar-refractivity contribution in [3.05, 3.63) is 23.8 Å². The van der Waals surface area contributed by atoms with Crippen LogP contribution in [0.15, 0.2) is 12.1 Å². The lowest BCUT2D eigenvalue weighted by Gasteiger charge is -2.24. The van der Waals surface area contributed by atoms with Crippen molar-refractivity contribution in [2.75, 3.05) is 5.73 Å². The molecular formula is C9H11FN2. The number of pyridine rings is 1. The van der Waals surface area contributed by atoms with Crippen LogP contribution in [0.3, 0.4) is 0 Å². The van der Waals surface area contributed by atoms with Crippen molar-refractivity contribution in [1.29, 1.82) is 0 Å². The highest BCUT2D eigenvalue weighted by Crippen LogP contribution is 2.35. The van der Waals surface area contributed by atoms with E-state index in [4.69, 9.17) is 5.73 Å². The third-order valence-electron chi connectivity index (χ3n) is 2.36. The molecule has 0 atom stereocenters. The standard InChI is InChI=1S/C9H11FN2/c10-9-5-7(11)4-8(12-9)6-2-1-3-6/h4-6H,1-3H2,(H2,11,12). The largest absolute Gasteiger partial charge is 0.399 e. The number of aromatic nitrogens is 1. The maximum Gasteiger partial charge on any atom is 0.215 e. The summed E-state index contributed by atoms with van der Waals surface area (Å²) in [5, 5.41) is 0. The van der Waals surface area contributed by atoms with Crippen LogP contribution in [0.4, 0.5) is 10.1 Å². The zero-order valence-corrected chi connectivity index (χ0v) is 6.76. The summed E-state index contributed by atoms with van der Waals surface area (Å²) in [7, 11) is 0. The van der Waals surface area contributed by atoms with Gasteiger partial charge >= 0.3 is 0 Å². The molecule has 2 rings (SSSR count). The van der Waals surface area contributed by atoms with Crippen LogP contribution in [0, 0.1) is 5.95 Å². The molecule has 0 aromatic carbocycles. The van der Waals surface area contributed by atoms with Crippen molar-refractivity contribution in [1.82, 2.24) is 4.98 Å². The second kappa shape index (κ2) is 2.73. The summed E-state index contributed by atoms with van der Waals surface area (Å²) in [5.74, 6) is -0.0140. The van der Waals surface area contributed by atoms with Gasteiger partial charge < -0.3 is 5.73 Å². The Bertz CT molecular complexity index is 274. The van der Waals surface area contributed by atoms with E-state index in [1.54, 1.807) is 6.07 Å². The van der Waals surface area contributed by atoms with Crippen molar-refractivity contribution in [2.24, 2.45) is 0 Å². The van der Waals surface area contributed by atoms with Crippen LogP contribution in [-0.2, 0) is 0 Å². The van der Waals surface area contributed by atoms with Crippen LogP contribution in [0.1, 0.15) is 30.9 Å². The molecule has 0 amide bonds. The van der Waals surface area contributed by atoms with E-state index in [1.165, 1.54) is 12.5 Å². The lowest BCUT2D eigenvalue weighted by atomic mass is 9.82. The predicted octanol–water partition coefficient (Wildman–Crippen LogP) is 2.07. The molecule has 2 nitrogen and oxygen atoms in total. The number of halogens is 1. The molecule has 1 fully saturated rings. The van der Waals surface area contributed by atoms with E-state index in [-0.39, 0.29) is 0 Å². The van der Waals surface area contributed by atoms with E-state index in [9.17, 15) is 4.39 Å². The zero-order valence-electron chi connectivity index (χ0n) is 6.76. The molecule has 0 spiro atoms. The molecule has 0 unspecified atom stereocenters. The normalized spacial score (nSPS) is 17.4. The molecule has 1 heterocycles. The van der Waals surface area contributed by atoms with E-state index in [2.05, 4.69) is 4.98 Å². The van der Waals surface area contributed by atoms with Gasteiger partial charge in [-0.25, -0.2) is 4.98 Å². The van der Waals surface area contributed by atoms with E-state index < -0.39 is 5.95 Å². The van der Waals surface area contributed by atoms with Crippen LogP contribution in [0.2, 0.25) is 0 Å². The second-order valence-electron chi connectivity index (χ2n) is 3.28. The Balaban J connectivity index is 2.30. The number of rotatable bonds is 1. The lowest BCUT2D eigenvalue weighted by Crippen LogP contribution is -2.11. The molecule has 1 aliphatic carbocycles. The Labute approximate surface area is 70.6 Å². The summed E-state index contributed by atoms with van der Waals surface area (Å²) < 4.78 is 12.8. The average Bonchev–Trinajstić information content (AvgIpc) is 1.79. The third kappa shape index (κ3) is 1.26. The molecule has 0 radical (unpaired) electrons. The van der Waals surface area contributed by atoms with Gasteiger partial charge in [-0.05, 0) is 18.9 Å². The minimum absolute atomic E-state index is 0.447. The molecule has 3 heteroatoms. The summed E-state index contributed by atoms with van der Waals surface area (Å²) in [6.45, 7) is 0. The third-order valence-corrected chi connectivity index (χ3v) is 2.36. The quantitative estimate of drug-likeness (QED) is 0.648. The van der Waals surface area contributed by atoms with Gasteiger partial charge in [-0.15, -0.1) is 0 Å². The monoisotopic (exact) mass is 166 g/mol. The first-order chi connectivity index (χ1) is 5.75. The van der Waals surface area contributed by atoms with Crippen molar-refractivity contribution in [2.45, 2.75) is 25.2 Å². The zero-order chi connectivity index (χ0) is 8.55. The van der Waals surface area contributed by atoms with Crippen molar-refractivity contribution >= 4 is 5.69 Å². The topological polar surface area (TPSA) is 38.9 Å². The summed E-state index contributed by atoms with van der Waals surface area (Å²) in [6.07, 6.45) is 3.47. The molecule has 1 saturated carbocycles. The van der Waals surface area contributed by atoms with Gasteiger partial charge in [-0.3, -0.25) is 0 Å². The highest BCUT2D eigenvalue weighted by molar-refractivity contribution is 5.39. The first-order valence-corrected chi connectivity index (χ1v) is 4.18. The van der Waals surface area contributed by atoms with Crippen LogP contribution in [-0.4, -0.2) is 4.98 Å². The fourth-order valence-corrected chi connectivity index (χ4v) is 1.45. The fourth-order valence-electron chi connectivity index (χ4n) is 1.45. The maximum absolute atomic E-state index is 12.8. The number of hydrogen-bond acceptors (Lipinski definition) is 2. The molecule has 0 aliphatic heterocycles. The molecule has 1 aromatic heterocycles. The Morgan fingerprint density at radius 3 is 2.67 bits per heavy atom. The molecule has 0 saturated heterocycles. The van der Waals surface area contributed by atoms with Gasteiger partial charge in [0.15, 0.2) is 0 Å². The number of nitrogen functional groups attached to an aromatic ring is 1. The smallest absolute Gasteiger partial charge is 0.215 e. The van der Waals surface area contributed by atoms with Crippen molar-refractivity contribution in [3.63, 3.8) is 0 Å². The van der Waals surface area contributed by atoms with E-state index in [1.807, 2.05) is 0 Å². The van der Waals surface area contributed by atoms with Crippen LogP contribution < -0.4 is 5.73 Å². The minimum Gasteiger partial charge on any atom is -0.399 e. The summed E-state index contributed by atoms with van der Waals surface area (Å²) in [5.41, 5.74) is 6.79. The van der Waals surface area contributed by atoms with Crippen molar-refractivity contribution < 1.29 is 4.39 Å². The molecule has 12 heavy (non-hydrogen) atoms. The number of nitrogens with zero attached hydrogens (tertiary/aromatic N) is 1. The van der Waals surface area contributed by atoms with Gasteiger partial charge in [0.05, 0.1) is 0 Å². The van der Waals surface area contributed by atoms with Gasteiger partial charge in [0, 0.05) is 23.4 Å². The van der Waals surface area contributed by atoms with E-state index in [0.717, 1.165) is 18.5 Å². The number of nitrogens with two attached hydrogens (primary N) is 1. The van der Waals surface area contributed by atoms with Gasteiger partial charge in [-0.1, -0.05) is 6.42 Å². The van der Waals surface area contributed by atoms with E-state index in [0.29, 0.717) is 11.6 Å². The SMILES string of the molecule is Nc1cc(F)nc(C2CCC2)c1. The second-order valence-corrected chi connectivity index (χ2v) is 3.28. The Morgan fingerprint density at radius 2 is 2.17 bits per heavy atom. The Hall–Kier alpha value is -1.12. The molecule has 64 valence electrons. The molecule has 1 aliphatic rings. The minimum atomic E-state index is -0.461. The fraction of sp³-hybridized carbons (Fsp3) is 0.444. The first-order valence-electron chi connectivity index (χ1n) is 4.18. The highest BCUT2D eigenvalue weighted by Gasteiger charge is 2.21. The summed E-state index contributed by atoms with van der Waals surface area (Å²) in [4.78, 5) is 3.81. The van der Waals surface area contributed by atoms with Gasteiger partial charge in [0.25, 0.3) is 0 Å². The first kappa shape index (κ1) is 7.53. The van der Waals surface area contributed by atoms with Crippen LogP contribution in [0.5, 0.6) is 0 Å². The summed E-state index contributed by atoms with van der Waals surface area (Å²) in [6, 6.07) is 3.02. The molecule has 0 bridgehead atoms. The van der Waals surface area contributed by atoms with Crippen LogP contribution >= 0.6 is 0 Å². The predicted molar refractivity (Wildman–Crippen MR) is 45.2 cm³/mol. The average molecular weight is 166 g/mol. The van der Waals surface area contributed by atoms with Gasteiger partial charge in [0.2, 0.25) is 5.95 Å². The number of anilines is 1. The molecule has 1 aromatic rings. The van der Waals surface area contributed by atoms with Gasteiger partial charge in [0.1, 0.15) is 0 Å². The molecule has 2 N–H and O–H groups in total. The Morgan fingerprint density at radius 1 is 1.42 bits per heavy atom. The highest BCUT2D eigenvalue weighted by atomic mass is 19.1.